The molecule has 2 aromatic carbocycles. The standard InChI is InChI=1S/C15H16FN3O/c1-9-5-11(16)8-13(6-9)18-15(20)14-4-3-12(19-17)7-10(14)2/h3-8,19H,17H2,1-2H3,(H,18,20). The number of anilines is 2. The molecule has 0 saturated carbocycles. The maximum absolute atomic E-state index is 13.3. The Balaban J connectivity index is 2.23. The van der Waals surface area contributed by atoms with E-state index in [0.29, 0.717) is 11.3 Å². The average Bonchev–Trinajstić information content (AvgIpc) is 2.36. The van der Waals surface area contributed by atoms with Crippen LogP contribution in [0, 0.1) is 19.7 Å². The summed E-state index contributed by atoms with van der Waals surface area (Å²) in [5.74, 6) is 4.65. The predicted octanol–water partition coefficient (Wildman–Crippen LogP) is 2.98. The molecule has 0 heterocycles. The van der Waals surface area contributed by atoms with Crippen molar-refractivity contribution in [2.75, 3.05) is 10.7 Å². The van der Waals surface area contributed by atoms with Gasteiger partial charge in [-0.25, -0.2) is 4.39 Å². The molecule has 0 aliphatic rings. The van der Waals surface area contributed by atoms with Crippen LogP contribution in [0.3, 0.4) is 0 Å². The molecule has 1 amide bonds. The summed E-state index contributed by atoms with van der Waals surface area (Å²) in [6.45, 7) is 3.58. The smallest absolute Gasteiger partial charge is 0.255 e. The van der Waals surface area contributed by atoms with Crippen LogP contribution in [0.1, 0.15) is 21.5 Å². The molecule has 0 aliphatic carbocycles. The number of nitrogen functional groups attached to an aromatic ring is 1. The van der Waals surface area contributed by atoms with Crippen LogP contribution in [0.15, 0.2) is 36.4 Å². The van der Waals surface area contributed by atoms with Crippen molar-refractivity contribution in [1.29, 1.82) is 0 Å². The second-order valence-corrected chi connectivity index (χ2v) is 4.65. The van der Waals surface area contributed by atoms with Crippen molar-refractivity contribution >= 4 is 17.3 Å². The lowest BCUT2D eigenvalue weighted by Crippen LogP contribution is -2.14. The largest absolute Gasteiger partial charge is 0.324 e. The molecule has 0 bridgehead atoms. The van der Waals surface area contributed by atoms with Gasteiger partial charge in [0.15, 0.2) is 0 Å². The van der Waals surface area contributed by atoms with Gasteiger partial charge in [-0.3, -0.25) is 10.6 Å². The number of halogens is 1. The Morgan fingerprint density at radius 1 is 1.10 bits per heavy atom. The number of rotatable bonds is 3. The fraction of sp³-hybridized carbons (Fsp3) is 0.133. The third kappa shape index (κ3) is 3.13. The molecule has 0 atom stereocenters. The van der Waals surface area contributed by atoms with Crippen molar-refractivity contribution in [3.63, 3.8) is 0 Å². The molecule has 4 N–H and O–H groups in total. The highest BCUT2D eigenvalue weighted by Gasteiger charge is 2.10. The monoisotopic (exact) mass is 273 g/mol. The summed E-state index contributed by atoms with van der Waals surface area (Å²) >= 11 is 0. The van der Waals surface area contributed by atoms with Crippen molar-refractivity contribution in [3.8, 4) is 0 Å². The van der Waals surface area contributed by atoms with Gasteiger partial charge < -0.3 is 10.7 Å². The van der Waals surface area contributed by atoms with E-state index < -0.39 is 0 Å². The molecule has 0 radical (unpaired) electrons. The lowest BCUT2D eigenvalue weighted by atomic mass is 10.1. The fourth-order valence-electron chi connectivity index (χ4n) is 2.02. The molecule has 4 nitrogen and oxygen atoms in total. The minimum absolute atomic E-state index is 0.281. The third-order valence-corrected chi connectivity index (χ3v) is 2.94. The topological polar surface area (TPSA) is 67.2 Å². The summed E-state index contributed by atoms with van der Waals surface area (Å²) in [4.78, 5) is 12.2. The van der Waals surface area contributed by atoms with E-state index in [1.54, 1.807) is 31.2 Å². The molecule has 0 saturated heterocycles. The van der Waals surface area contributed by atoms with Gasteiger partial charge in [-0.15, -0.1) is 0 Å². The molecule has 0 spiro atoms. The summed E-state index contributed by atoms with van der Waals surface area (Å²) in [5.41, 5.74) is 5.73. The van der Waals surface area contributed by atoms with Crippen molar-refractivity contribution < 1.29 is 9.18 Å². The maximum Gasteiger partial charge on any atom is 0.255 e. The number of nitrogens with one attached hydrogen (secondary N) is 2. The highest BCUT2D eigenvalue weighted by Crippen LogP contribution is 2.18. The number of amides is 1. The molecule has 104 valence electrons. The number of aryl methyl sites for hydroxylation is 2. The van der Waals surface area contributed by atoms with E-state index >= 15 is 0 Å². The Kier molecular flexibility index (Phi) is 4.00. The average molecular weight is 273 g/mol. The predicted molar refractivity (Wildman–Crippen MR) is 78.1 cm³/mol. The highest BCUT2D eigenvalue weighted by atomic mass is 19.1. The van der Waals surface area contributed by atoms with Crippen LogP contribution in [0.25, 0.3) is 0 Å². The Morgan fingerprint density at radius 2 is 1.85 bits per heavy atom. The third-order valence-electron chi connectivity index (χ3n) is 2.94. The van der Waals surface area contributed by atoms with Crippen molar-refractivity contribution in [2.45, 2.75) is 13.8 Å². The van der Waals surface area contributed by atoms with Crippen LogP contribution in [0.2, 0.25) is 0 Å². The zero-order valence-electron chi connectivity index (χ0n) is 11.3. The number of hydrogen-bond acceptors (Lipinski definition) is 3. The first kappa shape index (κ1) is 14.0. The minimum Gasteiger partial charge on any atom is -0.324 e. The molecule has 0 aromatic heterocycles. The lowest BCUT2D eigenvalue weighted by molar-refractivity contribution is 0.102. The Morgan fingerprint density at radius 3 is 2.45 bits per heavy atom. The van der Waals surface area contributed by atoms with E-state index in [1.807, 2.05) is 6.92 Å². The number of nitrogens with two attached hydrogens (primary N) is 1. The van der Waals surface area contributed by atoms with Gasteiger partial charge in [-0.1, -0.05) is 0 Å². The van der Waals surface area contributed by atoms with Crippen LogP contribution in [0.4, 0.5) is 15.8 Å². The van der Waals surface area contributed by atoms with E-state index in [0.717, 1.165) is 16.8 Å². The van der Waals surface area contributed by atoms with E-state index in [1.165, 1.54) is 12.1 Å². The SMILES string of the molecule is Cc1cc(F)cc(NC(=O)c2ccc(NN)cc2C)c1. The first-order valence-electron chi connectivity index (χ1n) is 6.15. The number of carbonyl (C=O) groups is 1. The van der Waals surface area contributed by atoms with Gasteiger partial charge in [0.05, 0.1) is 0 Å². The highest BCUT2D eigenvalue weighted by molar-refractivity contribution is 6.05. The lowest BCUT2D eigenvalue weighted by Gasteiger charge is -2.10. The zero-order valence-corrected chi connectivity index (χ0v) is 11.3. The molecule has 0 aliphatic heterocycles. The molecule has 5 heteroatoms. The zero-order chi connectivity index (χ0) is 14.7. The van der Waals surface area contributed by atoms with Gasteiger partial charge in [0.2, 0.25) is 0 Å². The van der Waals surface area contributed by atoms with Gasteiger partial charge in [0.1, 0.15) is 5.82 Å². The molecule has 0 fully saturated rings. The van der Waals surface area contributed by atoms with E-state index in [2.05, 4.69) is 10.7 Å². The van der Waals surface area contributed by atoms with E-state index in [4.69, 9.17) is 5.84 Å². The molecule has 20 heavy (non-hydrogen) atoms. The molecule has 0 unspecified atom stereocenters. The van der Waals surface area contributed by atoms with Crippen LogP contribution in [0.5, 0.6) is 0 Å². The normalized spacial score (nSPS) is 10.2. The number of benzene rings is 2. The number of carbonyl (C=O) groups excluding carboxylic acids is 1. The van der Waals surface area contributed by atoms with Crippen LogP contribution in [-0.4, -0.2) is 5.91 Å². The summed E-state index contributed by atoms with van der Waals surface area (Å²) in [5, 5.41) is 2.69. The number of hydrogen-bond donors (Lipinski definition) is 3. The number of hydrazine groups is 1. The summed E-state index contributed by atoms with van der Waals surface area (Å²) in [6, 6.07) is 9.56. The second-order valence-electron chi connectivity index (χ2n) is 4.65. The fourth-order valence-corrected chi connectivity index (χ4v) is 2.02. The van der Waals surface area contributed by atoms with Gasteiger partial charge in [-0.2, -0.15) is 0 Å². The van der Waals surface area contributed by atoms with Gasteiger partial charge >= 0.3 is 0 Å². The van der Waals surface area contributed by atoms with Crippen LogP contribution < -0.4 is 16.6 Å². The molecular formula is C15H16FN3O. The summed E-state index contributed by atoms with van der Waals surface area (Å²) < 4.78 is 13.3. The Hall–Kier alpha value is -2.40. The maximum atomic E-state index is 13.3. The van der Waals surface area contributed by atoms with Crippen molar-refractivity contribution in [2.24, 2.45) is 5.84 Å². The van der Waals surface area contributed by atoms with Crippen LogP contribution in [-0.2, 0) is 0 Å². The van der Waals surface area contributed by atoms with E-state index in [-0.39, 0.29) is 11.7 Å². The van der Waals surface area contributed by atoms with Gasteiger partial charge in [0.25, 0.3) is 5.91 Å². The molecular weight excluding hydrogens is 257 g/mol. The van der Waals surface area contributed by atoms with Crippen molar-refractivity contribution in [3.05, 3.63) is 58.9 Å². The Labute approximate surface area is 116 Å². The molecule has 2 aromatic rings. The summed E-state index contributed by atoms with van der Waals surface area (Å²) in [6.07, 6.45) is 0. The van der Waals surface area contributed by atoms with E-state index in [9.17, 15) is 9.18 Å². The molecule has 2 rings (SSSR count). The van der Waals surface area contributed by atoms with Gasteiger partial charge in [-0.05, 0) is 61.4 Å². The van der Waals surface area contributed by atoms with Crippen LogP contribution >= 0.6 is 0 Å². The minimum atomic E-state index is -0.375. The summed E-state index contributed by atoms with van der Waals surface area (Å²) in [7, 11) is 0. The Bertz CT molecular complexity index is 635. The second kappa shape index (κ2) is 5.71. The first-order chi connectivity index (χ1) is 9.49. The van der Waals surface area contributed by atoms with Gasteiger partial charge in [0, 0.05) is 16.9 Å². The quantitative estimate of drug-likeness (QED) is 0.595. The first-order valence-corrected chi connectivity index (χ1v) is 6.15. The van der Waals surface area contributed by atoms with Crippen molar-refractivity contribution in [1.82, 2.24) is 0 Å².